The van der Waals surface area contributed by atoms with E-state index in [1.807, 2.05) is 24.2 Å². The lowest BCUT2D eigenvalue weighted by atomic mass is 10.1. The lowest BCUT2D eigenvalue weighted by Crippen LogP contribution is -2.49. The van der Waals surface area contributed by atoms with E-state index in [0.717, 1.165) is 38.4 Å². The van der Waals surface area contributed by atoms with Crippen LogP contribution in [0, 0.1) is 0 Å². The Morgan fingerprint density at radius 1 is 1.41 bits per heavy atom. The third-order valence-electron chi connectivity index (χ3n) is 3.99. The number of aliphatic imine (C=N–C) groups is 1. The quantitative estimate of drug-likeness (QED) is 0.442. The Kier molecular flexibility index (Phi) is 7.70. The van der Waals surface area contributed by atoms with Crippen molar-refractivity contribution in [3.63, 3.8) is 0 Å². The number of piperidine rings is 1. The smallest absolute Gasteiger partial charge is 0.219 e. The van der Waals surface area contributed by atoms with Crippen molar-refractivity contribution in [1.82, 2.24) is 20.1 Å². The molecule has 1 fully saturated rings. The van der Waals surface area contributed by atoms with Crippen molar-refractivity contribution in [3.05, 3.63) is 24.0 Å². The number of rotatable bonds is 3. The summed E-state index contributed by atoms with van der Waals surface area (Å²) in [6, 6.07) is 4.50. The number of amides is 1. The summed E-state index contributed by atoms with van der Waals surface area (Å²) in [5.41, 5.74) is 1.21. The minimum Gasteiger partial charge on any atom is -0.354 e. The fourth-order valence-corrected chi connectivity index (χ4v) is 2.58. The lowest BCUT2D eigenvalue weighted by molar-refractivity contribution is -0.129. The number of guanidine groups is 1. The van der Waals surface area contributed by atoms with Gasteiger partial charge in [0.1, 0.15) is 0 Å². The number of carbonyl (C=O) groups excluding carboxylic acids is 1. The molecule has 2 N–H and O–H groups in total. The fraction of sp³-hybridized carbons (Fsp3) is 0.600. The van der Waals surface area contributed by atoms with Crippen LogP contribution in [0.5, 0.6) is 0 Å². The van der Waals surface area contributed by atoms with Crippen LogP contribution in [-0.4, -0.2) is 47.5 Å². The first-order chi connectivity index (χ1) is 10.1. The second kappa shape index (κ2) is 9.02. The van der Waals surface area contributed by atoms with Gasteiger partial charge in [-0.25, -0.2) is 0 Å². The topological polar surface area (TPSA) is 61.7 Å². The molecule has 1 saturated heterocycles. The molecule has 0 saturated carbocycles. The summed E-state index contributed by atoms with van der Waals surface area (Å²) in [5, 5.41) is 6.77. The first-order valence-electron chi connectivity index (χ1n) is 7.43. The third kappa shape index (κ3) is 5.19. The van der Waals surface area contributed by atoms with Crippen LogP contribution in [0.3, 0.4) is 0 Å². The number of nitrogens with one attached hydrogen (secondary N) is 2. The first kappa shape index (κ1) is 18.8. The maximum absolute atomic E-state index is 11.3. The standard InChI is InChI=1S/C15H25N5O.HI/c1-12(21)20-9-6-13(7-10-20)18-15(16-2)17-11-14-5-4-8-19(14)3;/h4-5,8,13H,6-7,9-11H2,1-3H3,(H2,16,17,18);1H. The van der Waals surface area contributed by atoms with E-state index in [1.54, 1.807) is 14.0 Å². The molecule has 1 amide bonds. The molecule has 2 heterocycles. The number of hydrogen-bond donors (Lipinski definition) is 2. The Balaban J connectivity index is 0.00000242. The van der Waals surface area contributed by atoms with E-state index in [0.29, 0.717) is 6.04 Å². The maximum atomic E-state index is 11.3. The first-order valence-corrected chi connectivity index (χ1v) is 7.43. The molecule has 0 atom stereocenters. The average Bonchev–Trinajstić information content (AvgIpc) is 2.89. The highest BCUT2D eigenvalue weighted by Crippen LogP contribution is 2.10. The van der Waals surface area contributed by atoms with E-state index in [9.17, 15) is 4.79 Å². The predicted molar refractivity (Wildman–Crippen MR) is 99.4 cm³/mol. The van der Waals surface area contributed by atoms with Gasteiger partial charge in [-0.05, 0) is 25.0 Å². The molecule has 1 aliphatic heterocycles. The Labute approximate surface area is 149 Å². The van der Waals surface area contributed by atoms with Crippen LogP contribution in [0.1, 0.15) is 25.5 Å². The molecule has 2 rings (SSSR count). The van der Waals surface area contributed by atoms with Crippen molar-refractivity contribution < 1.29 is 4.79 Å². The molecule has 7 heteroatoms. The Morgan fingerprint density at radius 2 is 2.09 bits per heavy atom. The molecule has 6 nitrogen and oxygen atoms in total. The highest BCUT2D eigenvalue weighted by atomic mass is 127. The van der Waals surface area contributed by atoms with Gasteiger partial charge in [0, 0.05) is 52.0 Å². The van der Waals surface area contributed by atoms with Gasteiger partial charge in [-0.3, -0.25) is 9.79 Å². The molecule has 1 aromatic rings. The van der Waals surface area contributed by atoms with Crippen LogP contribution in [0.2, 0.25) is 0 Å². The number of nitrogens with zero attached hydrogens (tertiary/aromatic N) is 3. The number of aromatic nitrogens is 1. The second-order valence-electron chi connectivity index (χ2n) is 5.46. The van der Waals surface area contributed by atoms with Gasteiger partial charge in [-0.2, -0.15) is 0 Å². The molecule has 0 spiro atoms. The van der Waals surface area contributed by atoms with E-state index in [4.69, 9.17) is 0 Å². The summed E-state index contributed by atoms with van der Waals surface area (Å²) >= 11 is 0. The molecule has 1 aromatic heterocycles. The number of halogens is 1. The van der Waals surface area contributed by atoms with Crippen molar-refractivity contribution >= 4 is 35.8 Å². The molecule has 0 aliphatic carbocycles. The SMILES string of the molecule is CN=C(NCc1cccn1C)NC1CCN(C(C)=O)CC1.I. The van der Waals surface area contributed by atoms with Crippen LogP contribution in [0.25, 0.3) is 0 Å². The average molecular weight is 419 g/mol. The van der Waals surface area contributed by atoms with Crippen LogP contribution < -0.4 is 10.6 Å². The normalized spacial score (nSPS) is 16.1. The molecule has 0 aromatic carbocycles. The highest BCUT2D eigenvalue weighted by molar-refractivity contribution is 14.0. The number of carbonyl (C=O) groups is 1. The lowest BCUT2D eigenvalue weighted by Gasteiger charge is -2.32. The molecule has 22 heavy (non-hydrogen) atoms. The predicted octanol–water partition coefficient (Wildman–Crippen LogP) is 1.32. The van der Waals surface area contributed by atoms with E-state index in [1.165, 1.54) is 5.69 Å². The van der Waals surface area contributed by atoms with Gasteiger partial charge >= 0.3 is 0 Å². The molecule has 124 valence electrons. The van der Waals surface area contributed by atoms with Crippen molar-refractivity contribution in [1.29, 1.82) is 0 Å². The zero-order valence-electron chi connectivity index (χ0n) is 13.5. The van der Waals surface area contributed by atoms with Crippen molar-refractivity contribution in [3.8, 4) is 0 Å². The number of hydrogen-bond acceptors (Lipinski definition) is 2. The molecule has 0 bridgehead atoms. The monoisotopic (exact) mass is 419 g/mol. The van der Waals surface area contributed by atoms with Crippen molar-refractivity contribution in [2.24, 2.45) is 12.0 Å². The van der Waals surface area contributed by atoms with Crippen molar-refractivity contribution in [2.45, 2.75) is 32.4 Å². The maximum Gasteiger partial charge on any atom is 0.219 e. The zero-order chi connectivity index (χ0) is 15.2. The minimum absolute atomic E-state index is 0. The van der Waals surface area contributed by atoms with Gasteiger partial charge < -0.3 is 20.1 Å². The number of aryl methyl sites for hydroxylation is 1. The Bertz CT molecular complexity index is 506. The van der Waals surface area contributed by atoms with Gasteiger partial charge in [0.05, 0.1) is 6.54 Å². The molecular formula is C15H26IN5O. The third-order valence-corrected chi connectivity index (χ3v) is 3.99. The van der Waals surface area contributed by atoms with E-state index < -0.39 is 0 Å². The summed E-state index contributed by atoms with van der Waals surface area (Å²) in [4.78, 5) is 17.5. The summed E-state index contributed by atoms with van der Waals surface area (Å²) < 4.78 is 2.09. The Hall–Kier alpha value is -1.25. The van der Waals surface area contributed by atoms with Crippen LogP contribution in [-0.2, 0) is 18.4 Å². The van der Waals surface area contributed by atoms with Gasteiger partial charge in [-0.15, -0.1) is 24.0 Å². The van der Waals surface area contributed by atoms with Gasteiger partial charge in [0.15, 0.2) is 5.96 Å². The second-order valence-corrected chi connectivity index (χ2v) is 5.46. The van der Waals surface area contributed by atoms with Crippen LogP contribution in [0.15, 0.2) is 23.3 Å². The minimum atomic E-state index is 0. The Morgan fingerprint density at radius 3 is 2.59 bits per heavy atom. The van der Waals surface area contributed by atoms with Gasteiger partial charge in [0.2, 0.25) is 5.91 Å². The highest BCUT2D eigenvalue weighted by Gasteiger charge is 2.21. The fourth-order valence-electron chi connectivity index (χ4n) is 2.58. The number of likely N-dealkylation sites (tertiary alicyclic amines) is 1. The van der Waals surface area contributed by atoms with E-state index in [2.05, 4.69) is 26.3 Å². The molecule has 0 unspecified atom stereocenters. The summed E-state index contributed by atoms with van der Waals surface area (Å²) in [7, 11) is 3.82. The van der Waals surface area contributed by atoms with Crippen LogP contribution in [0.4, 0.5) is 0 Å². The summed E-state index contributed by atoms with van der Waals surface area (Å²) in [5.74, 6) is 0.983. The zero-order valence-corrected chi connectivity index (χ0v) is 15.8. The molecule has 1 aliphatic rings. The van der Waals surface area contributed by atoms with Gasteiger partial charge in [-0.1, -0.05) is 0 Å². The molecular weight excluding hydrogens is 393 g/mol. The largest absolute Gasteiger partial charge is 0.354 e. The van der Waals surface area contributed by atoms with E-state index in [-0.39, 0.29) is 29.9 Å². The van der Waals surface area contributed by atoms with E-state index >= 15 is 0 Å². The van der Waals surface area contributed by atoms with Crippen molar-refractivity contribution in [2.75, 3.05) is 20.1 Å². The molecule has 0 radical (unpaired) electrons. The summed E-state index contributed by atoms with van der Waals surface area (Å²) in [6.45, 7) is 4.02. The van der Waals surface area contributed by atoms with Gasteiger partial charge in [0.25, 0.3) is 0 Å². The summed E-state index contributed by atoms with van der Waals surface area (Å²) in [6.07, 6.45) is 3.96. The van der Waals surface area contributed by atoms with Crippen LogP contribution >= 0.6 is 24.0 Å².